The highest BCUT2D eigenvalue weighted by molar-refractivity contribution is 7.98. The van der Waals surface area contributed by atoms with Crippen LogP contribution in [0, 0.1) is 11.3 Å². The Morgan fingerprint density at radius 2 is 1.32 bits per heavy atom. The molecule has 1 aliphatic rings. The summed E-state index contributed by atoms with van der Waals surface area (Å²) < 4.78 is 0. The van der Waals surface area contributed by atoms with Gasteiger partial charge in [0, 0.05) is 27.6 Å². The number of aliphatic hydroxyl groups is 1. The lowest BCUT2D eigenvalue weighted by Gasteiger charge is -2.34. The van der Waals surface area contributed by atoms with E-state index in [0.29, 0.717) is 17.7 Å². The first kappa shape index (κ1) is 55.7. The van der Waals surface area contributed by atoms with Crippen LogP contribution in [0.4, 0.5) is 0 Å². The van der Waals surface area contributed by atoms with Crippen LogP contribution in [0.5, 0.6) is 0 Å². The van der Waals surface area contributed by atoms with Crippen LogP contribution in [0.3, 0.4) is 0 Å². The number of rotatable bonds is 25. The van der Waals surface area contributed by atoms with Crippen molar-refractivity contribution in [2.75, 3.05) is 39.3 Å². The largest absolute Gasteiger partial charge is 0.394 e. The Morgan fingerprint density at radius 1 is 0.769 bits per heavy atom. The van der Waals surface area contributed by atoms with Crippen molar-refractivity contribution in [3.63, 3.8) is 0 Å². The molecule has 0 aliphatic heterocycles. The van der Waals surface area contributed by atoms with Crippen LogP contribution < -0.4 is 43.8 Å². The maximum Gasteiger partial charge on any atom is 0.248 e. The van der Waals surface area contributed by atoms with Gasteiger partial charge in [-0.25, -0.2) is 0 Å². The second-order valence-corrected chi connectivity index (χ2v) is 18.7. The van der Waals surface area contributed by atoms with E-state index in [1.54, 1.807) is 51.1 Å². The van der Waals surface area contributed by atoms with Gasteiger partial charge >= 0.3 is 0 Å². The molecule has 21 heteroatoms. The van der Waals surface area contributed by atoms with E-state index >= 15 is 0 Å². The lowest BCUT2D eigenvalue weighted by molar-refractivity contribution is -0.145. The Morgan fingerprint density at radius 3 is 1.86 bits per heavy atom. The van der Waals surface area contributed by atoms with Gasteiger partial charge in [0.25, 0.3) is 0 Å². The minimum atomic E-state index is -1.49. The minimum Gasteiger partial charge on any atom is -0.394 e. The number of hydrogen-bond donors (Lipinski definition) is 9. The van der Waals surface area contributed by atoms with Gasteiger partial charge in [0.15, 0.2) is 5.96 Å². The first-order valence-corrected chi connectivity index (χ1v) is 23.4. The number of carbonyl (C=O) groups is 8. The number of nitrogens with one attached hydrogen (secondary N) is 5. The number of likely N-dealkylation sites (N-methyl/N-ethyl adjacent to an activating group) is 2. The molecule has 65 heavy (non-hydrogen) atoms. The molecule has 1 aromatic carbocycles. The Balaban J connectivity index is 2.43. The molecule has 8 amide bonds. The molecule has 0 unspecified atom stereocenters. The van der Waals surface area contributed by atoms with Crippen LogP contribution in [0.2, 0.25) is 0 Å². The summed E-state index contributed by atoms with van der Waals surface area (Å²) in [6.07, 6.45) is 7.69. The van der Waals surface area contributed by atoms with Crippen molar-refractivity contribution in [2.45, 2.75) is 135 Å². The summed E-state index contributed by atoms with van der Waals surface area (Å²) in [6, 6.07) is -0.00318. The number of primary amides is 1. The summed E-state index contributed by atoms with van der Waals surface area (Å²) in [7, 11) is 2.77. The van der Waals surface area contributed by atoms with Gasteiger partial charge in [-0.1, -0.05) is 83.2 Å². The molecule has 0 aromatic heterocycles. The van der Waals surface area contributed by atoms with Gasteiger partial charge < -0.3 is 58.7 Å². The molecule has 20 nitrogen and oxygen atoms in total. The number of amides is 8. The Labute approximate surface area is 387 Å². The molecule has 0 spiro atoms. The molecule has 7 atom stereocenters. The zero-order valence-corrected chi connectivity index (χ0v) is 40.0. The zero-order chi connectivity index (χ0) is 49.0. The third kappa shape index (κ3) is 18.2. The summed E-state index contributed by atoms with van der Waals surface area (Å²) in [4.78, 5) is 114. The lowest BCUT2D eigenvalue weighted by atomic mass is 9.84. The summed E-state index contributed by atoms with van der Waals surface area (Å²) in [5.74, 6) is -4.95. The van der Waals surface area contributed by atoms with Crippen LogP contribution in [0.1, 0.15) is 104 Å². The second kappa shape index (κ2) is 27.1. The van der Waals surface area contributed by atoms with E-state index in [1.807, 2.05) is 6.26 Å². The molecule has 2 rings (SSSR count). The number of aliphatic hydroxyl groups excluding tert-OH is 1. The van der Waals surface area contributed by atoms with Crippen molar-refractivity contribution in [2.24, 2.45) is 33.5 Å². The third-order valence-corrected chi connectivity index (χ3v) is 12.1. The Bertz CT molecular complexity index is 1800. The number of carbonyl (C=O) groups excluding carboxylic acids is 8. The Kier molecular flexibility index (Phi) is 23.2. The van der Waals surface area contributed by atoms with Gasteiger partial charge in [0.1, 0.15) is 42.3 Å². The van der Waals surface area contributed by atoms with Crippen molar-refractivity contribution in [3.8, 4) is 0 Å². The highest BCUT2D eigenvalue weighted by Gasteiger charge is 2.39. The van der Waals surface area contributed by atoms with Crippen molar-refractivity contribution in [3.05, 3.63) is 35.9 Å². The molecule has 0 heterocycles. The first-order chi connectivity index (χ1) is 30.5. The Hall–Kier alpha value is -5.44. The van der Waals surface area contributed by atoms with Gasteiger partial charge in [-0.15, -0.1) is 0 Å². The third-order valence-electron chi connectivity index (χ3n) is 11.4. The van der Waals surface area contributed by atoms with E-state index in [2.05, 4.69) is 31.6 Å². The number of nitrogens with zero attached hydrogens (tertiary/aromatic N) is 3. The highest BCUT2D eigenvalue weighted by atomic mass is 32.2. The maximum absolute atomic E-state index is 14.6. The molecule has 1 fully saturated rings. The van der Waals surface area contributed by atoms with Crippen molar-refractivity contribution in [1.82, 2.24) is 36.4 Å². The zero-order valence-electron chi connectivity index (χ0n) is 39.2. The SMILES string of the molecule is CSCC[C@@H](NC(=O)[C@@H](c1ccccc1)N(C)C(=O)[C@H](CCCN=C(N)N)NC(=O)[C@H](CC1CCCCC1)NC(C)=O)C(=O)N(C)[C@@H](C)C(=O)N[C@@H](CO)C(=O)N[C@H](C(N)=O)C(C)(C)C. The van der Waals surface area contributed by atoms with E-state index in [4.69, 9.17) is 17.2 Å². The van der Waals surface area contributed by atoms with Crippen molar-refractivity contribution in [1.29, 1.82) is 0 Å². The smallest absolute Gasteiger partial charge is 0.248 e. The fraction of sp³-hybridized carbons (Fsp3) is 0.659. The number of benzene rings is 1. The summed E-state index contributed by atoms with van der Waals surface area (Å²) in [5.41, 5.74) is 16.2. The van der Waals surface area contributed by atoms with Crippen LogP contribution in [-0.4, -0.2) is 144 Å². The molecule has 1 aliphatic carbocycles. The van der Waals surface area contributed by atoms with Gasteiger partial charge in [-0.2, -0.15) is 11.8 Å². The maximum atomic E-state index is 14.6. The molecule has 364 valence electrons. The molecule has 1 saturated carbocycles. The normalized spacial score (nSPS) is 16.1. The topological polar surface area (TPSA) is 314 Å². The van der Waals surface area contributed by atoms with E-state index in [9.17, 15) is 43.5 Å². The number of thioether (sulfide) groups is 1. The van der Waals surface area contributed by atoms with Crippen LogP contribution >= 0.6 is 11.8 Å². The average molecular weight is 932 g/mol. The van der Waals surface area contributed by atoms with Crippen molar-refractivity contribution >= 4 is 65.0 Å². The summed E-state index contributed by atoms with van der Waals surface area (Å²) in [5, 5.41) is 23.3. The number of aliphatic imine (C=N–C) groups is 1. The molecule has 1 aromatic rings. The molecular weight excluding hydrogens is 859 g/mol. The predicted octanol–water partition coefficient (Wildman–Crippen LogP) is -0.222. The highest BCUT2D eigenvalue weighted by Crippen LogP contribution is 2.28. The van der Waals surface area contributed by atoms with Crippen LogP contribution in [-0.2, 0) is 38.4 Å². The molecule has 12 N–H and O–H groups in total. The van der Waals surface area contributed by atoms with Crippen molar-refractivity contribution < 1.29 is 43.5 Å². The van der Waals surface area contributed by atoms with Gasteiger partial charge in [-0.3, -0.25) is 43.3 Å². The van der Waals surface area contributed by atoms with E-state index in [1.165, 1.54) is 44.6 Å². The van der Waals surface area contributed by atoms with E-state index < -0.39 is 102 Å². The summed E-state index contributed by atoms with van der Waals surface area (Å²) in [6.45, 7) is 7.10. The van der Waals surface area contributed by atoms with Gasteiger partial charge in [-0.05, 0) is 61.5 Å². The average Bonchev–Trinajstić information content (AvgIpc) is 3.25. The molecule has 0 radical (unpaired) electrons. The fourth-order valence-electron chi connectivity index (χ4n) is 7.63. The molecule has 0 saturated heterocycles. The standard InChI is InChI=1S/C44H73N11O9S/c1-26(37(59)52-33(25-56)39(61)53-35(36(45)58)44(3,4)5)54(6)41(63)31(21-23-65-8)51-40(62)34(29-18-13-10-14-19-29)55(7)42(64)30(20-15-22-48-43(46)47)50-38(60)32(49-27(2)57)24-28-16-11-9-12-17-28/h10,13-14,18-19,26,28,30-35,56H,9,11-12,15-17,20-25H2,1-8H3,(H2,45,58)(H,49,57)(H,50,60)(H,51,62)(H,52,59)(H,53,61)(H4,46,47,48)/t26-,30-,31+,32-,33-,34+,35+/m0/s1. The number of guanidine groups is 1. The number of hydrogen-bond acceptors (Lipinski definition) is 11. The molecule has 0 bridgehead atoms. The van der Waals surface area contributed by atoms with Crippen LogP contribution in [0.25, 0.3) is 0 Å². The minimum absolute atomic E-state index is 0.0751. The lowest BCUT2D eigenvalue weighted by Crippen LogP contribution is -2.60. The van der Waals surface area contributed by atoms with Gasteiger partial charge in [0.05, 0.1) is 6.61 Å². The first-order valence-electron chi connectivity index (χ1n) is 22.0. The quantitative estimate of drug-likeness (QED) is 0.0349. The van der Waals surface area contributed by atoms with E-state index in [0.717, 1.165) is 37.0 Å². The monoisotopic (exact) mass is 932 g/mol. The number of nitrogens with two attached hydrogens (primary N) is 3. The molecular formula is C44H73N11O9S. The van der Waals surface area contributed by atoms with E-state index in [-0.39, 0.29) is 37.7 Å². The predicted molar refractivity (Wildman–Crippen MR) is 249 cm³/mol. The second-order valence-electron chi connectivity index (χ2n) is 17.7. The fourth-order valence-corrected chi connectivity index (χ4v) is 8.10. The van der Waals surface area contributed by atoms with Crippen LogP contribution in [0.15, 0.2) is 35.3 Å². The summed E-state index contributed by atoms with van der Waals surface area (Å²) >= 11 is 1.41. The van der Waals surface area contributed by atoms with Gasteiger partial charge in [0.2, 0.25) is 47.3 Å².